The molecule has 1 radical (unpaired) electrons. The smallest absolute Gasteiger partial charge is 0.332 e. The van der Waals surface area contributed by atoms with Crippen molar-refractivity contribution >= 4 is 5.97 Å². The van der Waals surface area contributed by atoms with E-state index in [1.807, 2.05) is 0 Å². The van der Waals surface area contributed by atoms with Crippen molar-refractivity contribution in [3.05, 3.63) is 12.2 Å². The van der Waals surface area contributed by atoms with E-state index in [1.54, 1.807) is 6.92 Å². The Morgan fingerprint density at radius 1 is 1.62 bits per heavy atom. The monoisotopic (exact) mass is 297 g/mol. The van der Waals surface area contributed by atoms with Crippen LogP contribution in [0, 0.1) is 0 Å². The van der Waals surface area contributed by atoms with Gasteiger partial charge in [0.25, 0.3) is 0 Å². The average molecular weight is 297 g/mol. The molecule has 0 heterocycles. The Labute approximate surface area is 64.4 Å². The maximum absolute atomic E-state index is 10.2. The Morgan fingerprint density at radius 3 is 2.00 bits per heavy atom. The topological polar surface area (TPSA) is 26.3 Å². The Kier molecular flexibility index (Phi) is 6.91. The molecule has 0 saturated heterocycles. The first kappa shape index (κ1) is 10.8. The zero-order valence-electron chi connectivity index (χ0n) is 4.83. The largest absolute Gasteiger partial charge is 0.466 e. The molecule has 3 heteroatoms. The van der Waals surface area contributed by atoms with Crippen LogP contribution >= 0.6 is 0 Å². The van der Waals surface area contributed by atoms with Gasteiger partial charge in [0.15, 0.2) is 0 Å². The summed E-state index contributed by atoms with van der Waals surface area (Å²) < 4.78 is 4.27. The van der Waals surface area contributed by atoms with E-state index in [9.17, 15) is 4.79 Å². The van der Waals surface area contributed by atoms with Crippen molar-refractivity contribution in [1.29, 1.82) is 0 Å². The summed E-state index contributed by atoms with van der Waals surface area (Å²) in [6.45, 7) is 4.95. The molecule has 51 valence electrons. The molecular weight excluding hydrogens is 289 g/mol. The molecule has 0 aliphatic carbocycles. The van der Waals surface area contributed by atoms with Crippen molar-refractivity contribution in [3.8, 4) is 0 Å². The summed E-state index contributed by atoms with van der Waals surface area (Å²) in [7, 11) is 1.33. The number of hydrogen-bond acceptors (Lipinski definition) is 2. The van der Waals surface area contributed by atoms with Crippen LogP contribution < -0.4 is 0 Å². The van der Waals surface area contributed by atoms with Gasteiger partial charge in [-0.1, -0.05) is 6.58 Å². The van der Waals surface area contributed by atoms with Crippen molar-refractivity contribution in [1.82, 2.24) is 0 Å². The Hall–Kier alpha value is -0.0497. The van der Waals surface area contributed by atoms with E-state index in [-0.39, 0.29) is 28.3 Å². The maximum Gasteiger partial charge on any atom is 0.332 e. The first-order chi connectivity index (χ1) is 3.18. The van der Waals surface area contributed by atoms with E-state index in [1.165, 1.54) is 7.11 Å². The SMILES string of the molecule is C=C(C)C(=O)OC.[Au]. The maximum atomic E-state index is 10.2. The summed E-state index contributed by atoms with van der Waals surface area (Å²) in [4.78, 5) is 10.2. The molecule has 0 aliphatic heterocycles. The fraction of sp³-hybridized carbons (Fsp3) is 0.400. The molecule has 0 spiro atoms. The minimum atomic E-state index is -0.347. The van der Waals surface area contributed by atoms with Gasteiger partial charge in [0.05, 0.1) is 7.11 Å². The van der Waals surface area contributed by atoms with E-state index in [0.29, 0.717) is 5.57 Å². The summed E-state index contributed by atoms with van der Waals surface area (Å²) in [5.74, 6) is -0.347. The third-order valence-corrected chi connectivity index (χ3v) is 0.534. The Morgan fingerprint density at radius 2 is 2.00 bits per heavy atom. The van der Waals surface area contributed by atoms with Crippen LogP contribution in [0.4, 0.5) is 0 Å². The van der Waals surface area contributed by atoms with Crippen LogP contribution in [0.25, 0.3) is 0 Å². The van der Waals surface area contributed by atoms with Gasteiger partial charge < -0.3 is 4.74 Å². The second-order valence-corrected chi connectivity index (χ2v) is 1.27. The van der Waals surface area contributed by atoms with Gasteiger partial charge in [-0.05, 0) is 6.92 Å². The van der Waals surface area contributed by atoms with Gasteiger partial charge >= 0.3 is 5.97 Å². The average Bonchev–Trinajstić information content (AvgIpc) is 1.65. The predicted octanol–water partition coefficient (Wildman–Crippen LogP) is 0.733. The molecule has 0 fully saturated rings. The zero-order valence-corrected chi connectivity index (χ0v) is 6.99. The summed E-state index contributed by atoms with van der Waals surface area (Å²) in [5.41, 5.74) is 0.433. The summed E-state index contributed by atoms with van der Waals surface area (Å²) in [5, 5.41) is 0. The molecule has 0 bridgehead atoms. The van der Waals surface area contributed by atoms with Crippen LogP contribution in [-0.4, -0.2) is 13.1 Å². The Balaban J connectivity index is 0. The molecule has 0 atom stereocenters. The second kappa shape index (κ2) is 5.09. The number of methoxy groups -OCH3 is 1. The molecule has 0 amide bonds. The molecule has 2 nitrogen and oxygen atoms in total. The fourth-order valence-electron chi connectivity index (χ4n) is 0.174. The molecule has 0 aromatic carbocycles. The number of ether oxygens (including phenoxy) is 1. The summed E-state index contributed by atoms with van der Waals surface area (Å²) >= 11 is 0. The molecule has 0 rings (SSSR count). The van der Waals surface area contributed by atoms with Gasteiger partial charge in [-0.25, -0.2) is 4.79 Å². The number of esters is 1. The van der Waals surface area contributed by atoms with E-state index in [4.69, 9.17) is 0 Å². The second-order valence-electron chi connectivity index (χ2n) is 1.27. The molecule has 0 aromatic heterocycles. The molecule has 0 N–H and O–H groups in total. The van der Waals surface area contributed by atoms with Crippen LogP contribution in [0.15, 0.2) is 12.2 Å². The fourth-order valence-corrected chi connectivity index (χ4v) is 0.174. The first-order valence-electron chi connectivity index (χ1n) is 1.92. The van der Waals surface area contributed by atoms with Gasteiger partial charge in [0.2, 0.25) is 0 Å². The van der Waals surface area contributed by atoms with Crippen molar-refractivity contribution < 1.29 is 31.9 Å². The zero-order chi connectivity index (χ0) is 5.86. The van der Waals surface area contributed by atoms with Crippen molar-refractivity contribution in [2.45, 2.75) is 6.92 Å². The van der Waals surface area contributed by atoms with Gasteiger partial charge in [0, 0.05) is 28.0 Å². The van der Waals surface area contributed by atoms with Crippen LogP contribution in [0.3, 0.4) is 0 Å². The minimum absolute atomic E-state index is 0. The molecule has 0 saturated carbocycles. The third kappa shape index (κ3) is 4.12. The van der Waals surface area contributed by atoms with Crippen LogP contribution in [0.2, 0.25) is 0 Å². The van der Waals surface area contributed by atoms with Gasteiger partial charge in [-0.3, -0.25) is 0 Å². The molecular formula is C5H8AuO2. The van der Waals surface area contributed by atoms with Gasteiger partial charge in [-0.15, -0.1) is 0 Å². The van der Waals surface area contributed by atoms with Gasteiger partial charge in [0.1, 0.15) is 0 Å². The van der Waals surface area contributed by atoms with Crippen molar-refractivity contribution in [2.24, 2.45) is 0 Å². The molecule has 0 aliphatic rings. The quantitative estimate of drug-likeness (QED) is 0.405. The summed E-state index contributed by atoms with van der Waals surface area (Å²) in [6, 6.07) is 0. The van der Waals surface area contributed by atoms with E-state index in [2.05, 4.69) is 11.3 Å². The van der Waals surface area contributed by atoms with E-state index < -0.39 is 0 Å². The Bertz CT molecular complexity index is 98.6. The number of rotatable bonds is 1. The molecule has 8 heavy (non-hydrogen) atoms. The molecule has 0 unspecified atom stereocenters. The molecule has 0 aromatic rings. The first-order valence-corrected chi connectivity index (χ1v) is 1.92. The van der Waals surface area contributed by atoms with Crippen LogP contribution in [-0.2, 0) is 31.9 Å². The third-order valence-electron chi connectivity index (χ3n) is 0.534. The van der Waals surface area contributed by atoms with Crippen molar-refractivity contribution in [3.63, 3.8) is 0 Å². The van der Waals surface area contributed by atoms with E-state index >= 15 is 0 Å². The predicted molar refractivity (Wildman–Crippen MR) is 26.8 cm³/mol. The van der Waals surface area contributed by atoms with Gasteiger partial charge in [-0.2, -0.15) is 0 Å². The number of carbonyl (C=O) groups is 1. The normalized spacial score (nSPS) is 6.75. The standard InChI is InChI=1S/C5H8O2.Au/c1-4(2)5(6)7-3;/h1H2,2-3H3;. The minimum Gasteiger partial charge on any atom is -0.466 e. The summed E-state index contributed by atoms with van der Waals surface area (Å²) in [6.07, 6.45) is 0. The number of carbonyl (C=O) groups excluding carboxylic acids is 1. The number of hydrogen-bond donors (Lipinski definition) is 0. The van der Waals surface area contributed by atoms with E-state index in [0.717, 1.165) is 0 Å². The van der Waals surface area contributed by atoms with Crippen LogP contribution in [0.1, 0.15) is 6.92 Å². The van der Waals surface area contributed by atoms with Crippen LogP contribution in [0.5, 0.6) is 0 Å². The van der Waals surface area contributed by atoms with Crippen molar-refractivity contribution in [2.75, 3.05) is 7.11 Å².